The van der Waals surface area contributed by atoms with Gasteiger partial charge in [-0.05, 0) is 38.4 Å². The van der Waals surface area contributed by atoms with Crippen LogP contribution in [0.1, 0.15) is 19.8 Å². The lowest BCUT2D eigenvalue weighted by atomic mass is 10.2. The second kappa shape index (κ2) is 7.52. The molecule has 0 bridgehead atoms. The van der Waals surface area contributed by atoms with E-state index in [9.17, 15) is 4.79 Å². The van der Waals surface area contributed by atoms with E-state index in [1.165, 1.54) is 0 Å². The van der Waals surface area contributed by atoms with Gasteiger partial charge in [0.1, 0.15) is 11.5 Å². The lowest BCUT2D eigenvalue weighted by Gasteiger charge is -2.19. The van der Waals surface area contributed by atoms with Gasteiger partial charge in [0.15, 0.2) is 5.82 Å². The first-order chi connectivity index (χ1) is 12.1. The zero-order chi connectivity index (χ0) is 17.8. The van der Waals surface area contributed by atoms with Crippen molar-refractivity contribution in [3.05, 3.63) is 18.2 Å². The topological polar surface area (TPSA) is 92.4 Å². The lowest BCUT2D eigenvalue weighted by Crippen LogP contribution is -2.35. The molecule has 1 atom stereocenters. The molecule has 134 valence electrons. The van der Waals surface area contributed by atoms with E-state index in [1.807, 2.05) is 12.1 Å². The van der Waals surface area contributed by atoms with Crippen LogP contribution in [0.4, 0.5) is 5.95 Å². The number of rotatable bonds is 6. The van der Waals surface area contributed by atoms with Crippen LogP contribution in [0, 0.1) is 0 Å². The van der Waals surface area contributed by atoms with E-state index in [-0.39, 0.29) is 11.9 Å². The predicted molar refractivity (Wildman–Crippen MR) is 93.8 cm³/mol. The van der Waals surface area contributed by atoms with Crippen molar-refractivity contribution in [2.75, 3.05) is 32.6 Å². The normalized spacial score (nSPS) is 17.5. The Morgan fingerprint density at radius 3 is 2.92 bits per heavy atom. The fraction of sp³-hybridized carbons (Fsp3) is 0.471. The molecule has 3 rings (SSSR count). The van der Waals surface area contributed by atoms with Gasteiger partial charge in [-0.3, -0.25) is 20.1 Å². The number of carbonyl (C=O) groups is 1. The molecule has 2 heterocycles. The van der Waals surface area contributed by atoms with Crippen molar-refractivity contribution in [3.8, 4) is 22.9 Å². The summed E-state index contributed by atoms with van der Waals surface area (Å²) in [6.45, 7) is 3.45. The van der Waals surface area contributed by atoms with Crippen LogP contribution in [0.5, 0.6) is 11.5 Å². The van der Waals surface area contributed by atoms with Crippen LogP contribution in [0.3, 0.4) is 0 Å². The fourth-order valence-electron chi connectivity index (χ4n) is 3.01. The largest absolute Gasteiger partial charge is 0.497 e. The van der Waals surface area contributed by atoms with E-state index in [2.05, 4.69) is 32.3 Å². The second-order valence-electron chi connectivity index (χ2n) is 6.08. The summed E-state index contributed by atoms with van der Waals surface area (Å²) >= 11 is 0. The first-order valence-electron chi connectivity index (χ1n) is 8.29. The van der Waals surface area contributed by atoms with Crippen molar-refractivity contribution in [3.63, 3.8) is 0 Å². The number of likely N-dealkylation sites (tertiary alicyclic amines) is 1. The van der Waals surface area contributed by atoms with Gasteiger partial charge in [0.05, 0.1) is 26.3 Å². The molecule has 1 saturated heterocycles. The highest BCUT2D eigenvalue weighted by atomic mass is 16.5. The molecule has 1 fully saturated rings. The number of aromatic nitrogens is 3. The molecule has 0 radical (unpaired) electrons. The van der Waals surface area contributed by atoms with Crippen molar-refractivity contribution in [2.45, 2.75) is 25.8 Å². The Hall–Kier alpha value is -2.61. The van der Waals surface area contributed by atoms with Crippen LogP contribution >= 0.6 is 0 Å². The standard InChI is InChI=1S/C17H23N5O3/c1-11-5-4-8-22(11)10-15(23)18-17-19-16(20-21-17)13-7-6-12(24-2)9-14(13)25-3/h6-7,9,11H,4-5,8,10H2,1-3H3,(H2,18,19,20,21,23). The van der Waals surface area contributed by atoms with Gasteiger partial charge >= 0.3 is 0 Å². The third-order valence-corrected chi connectivity index (χ3v) is 4.44. The summed E-state index contributed by atoms with van der Waals surface area (Å²) in [6, 6.07) is 5.85. The number of H-pyrrole nitrogens is 1. The van der Waals surface area contributed by atoms with E-state index in [1.54, 1.807) is 20.3 Å². The quantitative estimate of drug-likeness (QED) is 0.831. The van der Waals surface area contributed by atoms with E-state index in [4.69, 9.17) is 9.47 Å². The highest BCUT2D eigenvalue weighted by Gasteiger charge is 2.23. The first-order valence-corrected chi connectivity index (χ1v) is 8.29. The number of benzene rings is 1. The Morgan fingerprint density at radius 1 is 1.40 bits per heavy atom. The Morgan fingerprint density at radius 2 is 2.24 bits per heavy atom. The van der Waals surface area contributed by atoms with Crippen molar-refractivity contribution in [2.24, 2.45) is 0 Å². The van der Waals surface area contributed by atoms with E-state index >= 15 is 0 Å². The molecule has 2 N–H and O–H groups in total. The summed E-state index contributed by atoms with van der Waals surface area (Å²) in [5.41, 5.74) is 0.740. The third kappa shape index (κ3) is 3.90. The van der Waals surface area contributed by atoms with Gasteiger partial charge in [-0.25, -0.2) is 0 Å². The maximum absolute atomic E-state index is 12.2. The number of hydrogen-bond acceptors (Lipinski definition) is 6. The molecule has 0 saturated carbocycles. The number of nitrogens with zero attached hydrogens (tertiary/aromatic N) is 3. The van der Waals surface area contributed by atoms with Crippen molar-refractivity contribution in [1.82, 2.24) is 20.1 Å². The number of carbonyl (C=O) groups excluding carboxylic acids is 1. The molecule has 8 nitrogen and oxygen atoms in total. The van der Waals surface area contributed by atoms with Gasteiger partial charge in [0, 0.05) is 12.1 Å². The van der Waals surface area contributed by atoms with Gasteiger partial charge in [-0.1, -0.05) is 0 Å². The minimum Gasteiger partial charge on any atom is -0.497 e. The van der Waals surface area contributed by atoms with Gasteiger partial charge in [-0.15, -0.1) is 5.10 Å². The smallest absolute Gasteiger partial charge is 0.249 e. The number of ether oxygens (including phenoxy) is 2. The van der Waals surface area contributed by atoms with E-state index in [0.717, 1.165) is 24.9 Å². The van der Waals surface area contributed by atoms with Crippen LogP contribution in [0.15, 0.2) is 18.2 Å². The molecule has 1 unspecified atom stereocenters. The predicted octanol–water partition coefficient (Wildman–Crippen LogP) is 1.91. The first kappa shape index (κ1) is 17.2. The molecule has 1 amide bonds. The Balaban J connectivity index is 1.69. The zero-order valence-corrected chi connectivity index (χ0v) is 14.7. The summed E-state index contributed by atoms with van der Waals surface area (Å²) in [5.74, 6) is 1.96. The van der Waals surface area contributed by atoms with Gasteiger partial charge in [0.2, 0.25) is 11.9 Å². The van der Waals surface area contributed by atoms with E-state index < -0.39 is 0 Å². The third-order valence-electron chi connectivity index (χ3n) is 4.44. The molecule has 0 aliphatic carbocycles. The average molecular weight is 345 g/mol. The fourth-order valence-corrected chi connectivity index (χ4v) is 3.01. The van der Waals surface area contributed by atoms with Crippen LogP contribution in [0.25, 0.3) is 11.4 Å². The molecule has 1 aliphatic rings. The number of aromatic amines is 1. The summed E-state index contributed by atoms with van der Waals surface area (Å²) in [4.78, 5) is 18.7. The summed E-state index contributed by atoms with van der Waals surface area (Å²) < 4.78 is 10.6. The van der Waals surface area contributed by atoms with Crippen molar-refractivity contribution in [1.29, 1.82) is 0 Å². The maximum Gasteiger partial charge on any atom is 0.249 e. The molecule has 1 aromatic carbocycles. The molecular formula is C17H23N5O3. The summed E-state index contributed by atoms with van der Waals surface area (Å²) in [5, 5.41) is 9.64. The second-order valence-corrected chi connectivity index (χ2v) is 6.08. The highest BCUT2D eigenvalue weighted by Crippen LogP contribution is 2.31. The number of hydrogen-bond donors (Lipinski definition) is 2. The maximum atomic E-state index is 12.2. The summed E-state index contributed by atoms with van der Waals surface area (Å²) in [6.07, 6.45) is 2.27. The zero-order valence-electron chi connectivity index (χ0n) is 14.7. The molecule has 2 aromatic rings. The minimum absolute atomic E-state index is 0.110. The van der Waals surface area contributed by atoms with Crippen LogP contribution in [-0.2, 0) is 4.79 Å². The lowest BCUT2D eigenvalue weighted by molar-refractivity contribution is -0.117. The monoisotopic (exact) mass is 345 g/mol. The van der Waals surface area contributed by atoms with Gasteiger partial charge < -0.3 is 9.47 Å². The molecule has 1 aromatic heterocycles. The van der Waals surface area contributed by atoms with Crippen LogP contribution in [-0.4, -0.2) is 59.3 Å². The number of nitrogens with one attached hydrogen (secondary N) is 2. The molecular weight excluding hydrogens is 322 g/mol. The van der Waals surface area contributed by atoms with E-state index in [0.29, 0.717) is 29.9 Å². The van der Waals surface area contributed by atoms with Crippen LogP contribution in [0.2, 0.25) is 0 Å². The Bertz CT molecular complexity index is 746. The number of methoxy groups -OCH3 is 2. The molecule has 1 aliphatic heterocycles. The van der Waals surface area contributed by atoms with Gasteiger partial charge in [0.25, 0.3) is 0 Å². The molecule has 25 heavy (non-hydrogen) atoms. The molecule has 8 heteroatoms. The molecule has 0 spiro atoms. The Kier molecular flexibility index (Phi) is 5.18. The number of amides is 1. The van der Waals surface area contributed by atoms with Crippen molar-refractivity contribution < 1.29 is 14.3 Å². The van der Waals surface area contributed by atoms with Crippen LogP contribution < -0.4 is 14.8 Å². The average Bonchev–Trinajstić information content (AvgIpc) is 3.23. The minimum atomic E-state index is -0.110. The highest BCUT2D eigenvalue weighted by molar-refractivity contribution is 5.90. The SMILES string of the molecule is COc1ccc(-c2nc(NC(=O)CN3CCCC3C)n[nH]2)c(OC)c1. The van der Waals surface area contributed by atoms with Crippen molar-refractivity contribution >= 4 is 11.9 Å². The summed E-state index contributed by atoms with van der Waals surface area (Å²) in [7, 11) is 3.17. The Labute approximate surface area is 146 Å². The van der Waals surface area contributed by atoms with Gasteiger partial charge in [-0.2, -0.15) is 4.98 Å². The number of anilines is 1.